The third-order valence-electron chi connectivity index (χ3n) is 6.27. The summed E-state index contributed by atoms with van der Waals surface area (Å²) in [6.45, 7) is 11.2. The van der Waals surface area contributed by atoms with Crippen molar-refractivity contribution in [2.75, 3.05) is 59.2 Å². The molecule has 3 rings (SSSR count). The summed E-state index contributed by atoms with van der Waals surface area (Å²) >= 11 is 0. The molecule has 1 aromatic carbocycles. The number of benzene rings is 1. The Morgan fingerprint density at radius 3 is 2.52 bits per heavy atom. The third kappa shape index (κ3) is 5.64. The standard InChI is InChI=1S/C22H35N3O5S/c1-4-25(5-2)31(27,28)21-14-18(7-6-17(21)3)22(26)23-15-20(19-8-11-30-16-19)24-9-12-29-13-10-24/h6-7,14,19-20H,4-5,8-13,15-16H2,1-3H3,(H,23,26). The second-order valence-electron chi connectivity index (χ2n) is 8.12. The minimum absolute atomic E-state index is 0.180. The van der Waals surface area contributed by atoms with Crippen molar-refractivity contribution >= 4 is 15.9 Å². The van der Waals surface area contributed by atoms with Gasteiger partial charge in [0.05, 0.1) is 24.7 Å². The van der Waals surface area contributed by atoms with Crippen LogP contribution in [0.25, 0.3) is 0 Å². The van der Waals surface area contributed by atoms with Crippen molar-refractivity contribution < 1.29 is 22.7 Å². The van der Waals surface area contributed by atoms with Crippen molar-refractivity contribution in [3.63, 3.8) is 0 Å². The van der Waals surface area contributed by atoms with Crippen LogP contribution in [0, 0.1) is 12.8 Å². The number of hydrogen-bond donors (Lipinski definition) is 1. The maximum atomic E-state index is 13.0. The van der Waals surface area contributed by atoms with Gasteiger partial charge in [-0.25, -0.2) is 8.42 Å². The normalized spacial score (nSPS) is 21.4. The number of morpholine rings is 1. The van der Waals surface area contributed by atoms with Gasteiger partial charge in [0.2, 0.25) is 10.0 Å². The number of carbonyl (C=O) groups is 1. The predicted molar refractivity (Wildman–Crippen MR) is 119 cm³/mol. The van der Waals surface area contributed by atoms with E-state index < -0.39 is 10.0 Å². The number of nitrogens with one attached hydrogen (secondary N) is 1. The van der Waals surface area contributed by atoms with Crippen LogP contribution < -0.4 is 5.32 Å². The Bertz CT molecular complexity index is 845. The molecule has 1 N–H and O–H groups in total. The monoisotopic (exact) mass is 453 g/mol. The fourth-order valence-electron chi connectivity index (χ4n) is 4.38. The van der Waals surface area contributed by atoms with E-state index in [0.29, 0.717) is 56.5 Å². The summed E-state index contributed by atoms with van der Waals surface area (Å²) in [6, 6.07) is 5.07. The number of carbonyl (C=O) groups excluding carboxylic acids is 1. The van der Waals surface area contributed by atoms with Crippen LogP contribution in [0.4, 0.5) is 0 Å². The highest BCUT2D eigenvalue weighted by atomic mass is 32.2. The van der Waals surface area contributed by atoms with Crippen LogP contribution in [0.5, 0.6) is 0 Å². The predicted octanol–water partition coefficient (Wildman–Crippen LogP) is 1.49. The second kappa shape index (κ2) is 10.9. The lowest BCUT2D eigenvalue weighted by Gasteiger charge is -2.37. The van der Waals surface area contributed by atoms with E-state index in [9.17, 15) is 13.2 Å². The van der Waals surface area contributed by atoms with Crippen molar-refractivity contribution in [2.45, 2.75) is 38.1 Å². The fourth-order valence-corrected chi connectivity index (χ4v) is 6.09. The first-order chi connectivity index (χ1) is 14.9. The van der Waals surface area contributed by atoms with E-state index in [2.05, 4.69) is 10.2 Å². The molecule has 2 unspecified atom stereocenters. The van der Waals surface area contributed by atoms with Gasteiger partial charge in [0.15, 0.2) is 0 Å². The van der Waals surface area contributed by atoms with Crippen LogP contribution in [0.15, 0.2) is 23.1 Å². The van der Waals surface area contributed by atoms with Gasteiger partial charge >= 0.3 is 0 Å². The lowest BCUT2D eigenvalue weighted by Crippen LogP contribution is -2.52. The van der Waals surface area contributed by atoms with Crippen LogP contribution in [-0.4, -0.2) is 88.7 Å². The molecule has 0 aliphatic carbocycles. The van der Waals surface area contributed by atoms with E-state index in [1.54, 1.807) is 19.1 Å². The molecule has 2 atom stereocenters. The Labute approximate surface area is 185 Å². The van der Waals surface area contributed by atoms with Crippen LogP contribution in [-0.2, 0) is 19.5 Å². The van der Waals surface area contributed by atoms with Crippen LogP contribution >= 0.6 is 0 Å². The molecular weight excluding hydrogens is 418 g/mol. The van der Waals surface area contributed by atoms with Gasteiger partial charge in [-0.3, -0.25) is 9.69 Å². The number of hydrogen-bond acceptors (Lipinski definition) is 6. The molecule has 1 aromatic rings. The summed E-state index contributed by atoms with van der Waals surface area (Å²) in [5, 5.41) is 3.04. The zero-order valence-corrected chi connectivity index (χ0v) is 19.6. The van der Waals surface area contributed by atoms with Crippen LogP contribution in [0.3, 0.4) is 0 Å². The number of aryl methyl sites for hydroxylation is 1. The van der Waals surface area contributed by atoms with E-state index in [-0.39, 0.29) is 16.8 Å². The molecule has 0 spiro atoms. The fraction of sp³-hybridized carbons (Fsp3) is 0.682. The molecule has 2 fully saturated rings. The third-order valence-corrected chi connectivity index (χ3v) is 8.46. The van der Waals surface area contributed by atoms with Crippen molar-refractivity contribution in [3.05, 3.63) is 29.3 Å². The Hall–Kier alpha value is -1.52. The second-order valence-corrected chi connectivity index (χ2v) is 10.0. The van der Waals surface area contributed by atoms with E-state index in [0.717, 1.165) is 26.1 Å². The van der Waals surface area contributed by atoms with Gasteiger partial charge < -0.3 is 14.8 Å². The smallest absolute Gasteiger partial charge is 0.251 e. The Morgan fingerprint density at radius 2 is 1.90 bits per heavy atom. The molecule has 0 radical (unpaired) electrons. The zero-order chi connectivity index (χ0) is 22.4. The molecule has 31 heavy (non-hydrogen) atoms. The SMILES string of the molecule is CCN(CC)S(=O)(=O)c1cc(C(=O)NCC(C2CCOC2)N2CCOCC2)ccc1C. The molecule has 1 amide bonds. The zero-order valence-electron chi connectivity index (χ0n) is 18.8. The summed E-state index contributed by atoms with van der Waals surface area (Å²) in [6.07, 6.45) is 0.981. The molecule has 8 nitrogen and oxygen atoms in total. The molecular formula is C22H35N3O5S. The van der Waals surface area contributed by atoms with Crippen molar-refractivity contribution in [1.29, 1.82) is 0 Å². The number of ether oxygens (including phenoxy) is 2. The van der Waals surface area contributed by atoms with Gasteiger partial charge in [0, 0.05) is 56.9 Å². The van der Waals surface area contributed by atoms with Gasteiger partial charge in [-0.05, 0) is 31.0 Å². The average molecular weight is 454 g/mol. The van der Waals surface area contributed by atoms with E-state index in [1.807, 2.05) is 13.8 Å². The van der Waals surface area contributed by atoms with Gasteiger partial charge in [-0.2, -0.15) is 4.31 Å². The van der Waals surface area contributed by atoms with Crippen molar-refractivity contribution in [3.8, 4) is 0 Å². The van der Waals surface area contributed by atoms with Gasteiger partial charge in [0.1, 0.15) is 0 Å². The molecule has 0 bridgehead atoms. The van der Waals surface area contributed by atoms with E-state index >= 15 is 0 Å². The summed E-state index contributed by atoms with van der Waals surface area (Å²) in [4.78, 5) is 15.5. The molecule has 0 aromatic heterocycles. The van der Waals surface area contributed by atoms with Crippen LogP contribution in [0.2, 0.25) is 0 Å². The minimum atomic E-state index is -3.63. The quantitative estimate of drug-likeness (QED) is 0.610. The Morgan fingerprint density at radius 1 is 1.19 bits per heavy atom. The van der Waals surface area contributed by atoms with Crippen LogP contribution in [0.1, 0.15) is 36.2 Å². The first-order valence-corrected chi connectivity index (χ1v) is 12.6. The number of nitrogens with zero attached hydrogens (tertiary/aromatic N) is 2. The summed E-state index contributed by atoms with van der Waals surface area (Å²) in [5.41, 5.74) is 0.998. The lowest BCUT2D eigenvalue weighted by molar-refractivity contribution is 0.00166. The Kier molecular flexibility index (Phi) is 8.46. The van der Waals surface area contributed by atoms with E-state index in [4.69, 9.17) is 9.47 Å². The average Bonchev–Trinajstić information content (AvgIpc) is 3.30. The van der Waals surface area contributed by atoms with Gasteiger partial charge in [0.25, 0.3) is 5.91 Å². The molecule has 2 aliphatic heterocycles. The maximum Gasteiger partial charge on any atom is 0.251 e. The highest BCUT2D eigenvalue weighted by molar-refractivity contribution is 7.89. The highest BCUT2D eigenvalue weighted by Gasteiger charge is 2.32. The molecule has 2 aliphatic rings. The number of sulfonamides is 1. The number of rotatable bonds is 9. The Balaban J connectivity index is 1.74. The van der Waals surface area contributed by atoms with Crippen molar-refractivity contribution in [1.82, 2.24) is 14.5 Å². The molecule has 9 heteroatoms. The summed E-state index contributed by atoms with van der Waals surface area (Å²) in [7, 11) is -3.63. The minimum Gasteiger partial charge on any atom is -0.381 e. The first-order valence-electron chi connectivity index (χ1n) is 11.2. The summed E-state index contributed by atoms with van der Waals surface area (Å²) < 4.78 is 38.5. The van der Waals surface area contributed by atoms with Crippen molar-refractivity contribution in [2.24, 2.45) is 5.92 Å². The van der Waals surface area contributed by atoms with Gasteiger partial charge in [-0.15, -0.1) is 0 Å². The molecule has 2 heterocycles. The number of amides is 1. The lowest BCUT2D eigenvalue weighted by atomic mass is 9.96. The topological polar surface area (TPSA) is 88.2 Å². The highest BCUT2D eigenvalue weighted by Crippen LogP contribution is 2.23. The summed E-state index contributed by atoms with van der Waals surface area (Å²) in [5.74, 6) is 0.114. The molecule has 0 saturated carbocycles. The molecule has 2 saturated heterocycles. The first kappa shape index (κ1) is 24.1. The van der Waals surface area contributed by atoms with E-state index in [1.165, 1.54) is 10.4 Å². The molecule has 174 valence electrons. The maximum absolute atomic E-state index is 13.0. The van der Waals surface area contributed by atoms with Gasteiger partial charge in [-0.1, -0.05) is 19.9 Å². The largest absolute Gasteiger partial charge is 0.381 e.